The number of aromatic nitrogens is 2. The molecule has 0 spiro atoms. The van der Waals surface area contributed by atoms with Crippen molar-refractivity contribution >= 4 is 21.8 Å². The molecule has 5 nitrogen and oxygen atoms in total. The van der Waals surface area contributed by atoms with Crippen LogP contribution in [0.25, 0.3) is 5.69 Å². The maximum absolute atomic E-state index is 13.9. The fraction of sp³-hybridized carbons (Fsp3) is 0.105. The predicted octanol–water partition coefficient (Wildman–Crippen LogP) is 4.22. The van der Waals surface area contributed by atoms with Gasteiger partial charge in [-0.3, -0.25) is 4.79 Å². The first-order chi connectivity index (χ1) is 12.9. The number of nitrogens with zero attached hydrogens (tertiary/aromatic N) is 3. The van der Waals surface area contributed by atoms with E-state index in [1.54, 1.807) is 11.6 Å². The number of hydrogen-bond donors (Lipinski definition) is 1. The minimum Gasteiger partial charge on any atom is -0.332 e. The van der Waals surface area contributed by atoms with Crippen LogP contribution in [0, 0.1) is 29.9 Å². The molecule has 0 aliphatic rings. The first kappa shape index (κ1) is 18.7. The van der Waals surface area contributed by atoms with Crippen molar-refractivity contribution in [2.75, 3.05) is 0 Å². The predicted molar refractivity (Wildman–Crippen MR) is 98.2 cm³/mol. The highest BCUT2D eigenvalue weighted by Crippen LogP contribution is 2.20. The van der Waals surface area contributed by atoms with Gasteiger partial charge < -0.3 is 5.32 Å². The van der Waals surface area contributed by atoms with Crippen LogP contribution in [-0.4, -0.2) is 15.7 Å². The van der Waals surface area contributed by atoms with Gasteiger partial charge in [-0.1, -0.05) is 22.0 Å². The summed E-state index contributed by atoms with van der Waals surface area (Å²) in [5, 5.41) is 16.0. The number of amides is 1. The molecule has 0 bridgehead atoms. The molecule has 1 aromatic heterocycles. The third kappa shape index (κ3) is 3.88. The van der Waals surface area contributed by atoms with Gasteiger partial charge >= 0.3 is 0 Å². The maximum Gasteiger partial charge on any atom is 0.256 e. The lowest BCUT2D eigenvalue weighted by atomic mass is 10.1. The number of hydrogen-bond acceptors (Lipinski definition) is 3. The van der Waals surface area contributed by atoms with Gasteiger partial charge in [0, 0.05) is 16.1 Å². The van der Waals surface area contributed by atoms with E-state index in [9.17, 15) is 18.8 Å². The summed E-state index contributed by atoms with van der Waals surface area (Å²) in [5.41, 5.74) is 1.47. The molecule has 1 N–H and O–H groups in total. The molecule has 0 fully saturated rings. The van der Waals surface area contributed by atoms with Crippen LogP contribution in [0.15, 0.2) is 53.1 Å². The fourth-order valence-corrected chi connectivity index (χ4v) is 2.86. The van der Waals surface area contributed by atoms with Gasteiger partial charge in [-0.15, -0.1) is 0 Å². The second kappa shape index (κ2) is 7.68. The molecule has 0 aliphatic carbocycles. The second-order valence-corrected chi connectivity index (χ2v) is 6.65. The molecule has 1 unspecified atom stereocenters. The van der Waals surface area contributed by atoms with Crippen LogP contribution in [0.1, 0.15) is 27.7 Å². The lowest BCUT2D eigenvalue weighted by Gasteiger charge is -2.13. The monoisotopic (exact) mass is 430 g/mol. The van der Waals surface area contributed by atoms with Crippen LogP contribution in [0.5, 0.6) is 0 Å². The van der Waals surface area contributed by atoms with E-state index in [2.05, 4.69) is 26.3 Å². The first-order valence-corrected chi connectivity index (χ1v) is 8.66. The van der Waals surface area contributed by atoms with Crippen molar-refractivity contribution in [1.29, 1.82) is 5.26 Å². The number of carbonyl (C=O) groups excluding carboxylic acids is 1. The van der Waals surface area contributed by atoms with Gasteiger partial charge in [0.1, 0.15) is 17.7 Å². The Morgan fingerprint density at radius 2 is 1.96 bits per heavy atom. The average molecular weight is 431 g/mol. The molecule has 0 radical (unpaired) electrons. The number of rotatable bonds is 4. The Morgan fingerprint density at radius 3 is 2.59 bits per heavy atom. The standard InChI is InChI=1S/C19H13BrF2N4O/c1-11-16(10-24-26(11)14-5-2-12(20)3-6-14)19(27)25-18(9-23)15-7-4-13(21)8-17(15)22/h2-8,10,18H,1H3,(H,25,27). The number of nitrogens with one attached hydrogen (secondary N) is 1. The molecule has 3 aromatic rings. The Kier molecular flexibility index (Phi) is 5.33. The Hall–Kier alpha value is -3.05. The zero-order chi connectivity index (χ0) is 19.6. The molecular weight excluding hydrogens is 418 g/mol. The Bertz CT molecular complexity index is 1040. The van der Waals surface area contributed by atoms with E-state index >= 15 is 0 Å². The Balaban J connectivity index is 1.86. The summed E-state index contributed by atoms with van der Waals surface area (Å²) >= 11 is 3.35. The van der Waals surface area contributed by atoms with Crippen LogP contribution >= 0.6 is 15.9 Å². The highest BCUT2D eigenvalue weighted by atomic mass is 79.9. The van der Waals surface area contributed by atoms with Crippen LogP contribution in [-0.2, 0) is 0 Å². The average Bonchev–Trinajstić information content (AvgIpc) is 3.02. The van der Waals surface area contributed by atoms with E-state index in [-0.39, 0.29) is 11.1 Å². The molecule has 8 heteroatoms. The molecule has 0 saturated carbocycles. The zero-order valence-corrected chi connectivity index (χ0v) is 15.7. The first-order valence-electron chi connectivity index (χ1n) is 7.86. The molecule has 0 saturated heterocycles. The molecule has 1 heterocycles. The van der Waals surface area contributed by atoms with Crippen LogP contribution in [0.4, 0.5) is 8.78 Å². The normalized spacial score (nSPS) is 11.7. The molecule has 1 amide bonds. The van der Waals surface area contributed by atoms with E-state index in [1.165, 1.54) is 6.20 Å². The fourth-order valence-electron chi connectivity index (χ4n) is 2.60. The highest BCUT2D eigenvalue weighted by Gasteiger charge is 2.22. The van der Waals surface area contributed by atoms with Crippen molar-refractivity contribution in [3.05, 3.63) is 81.6 Å². The lowest BCUT2D eigenvalue weighted by Crippen LogP contribution is -2.28. The van der Waals surface area contributed by atoms with Crippen LogP contribution < -0.4 is 5.32 Å². The molecule has 2 aromatic carbocycles. The van der Waals surface area contributed by atoms with Crippen molar-refractivity contribution in [2.24, 2.45) is 0 Å². The minimum absolute atomic E-state index is 0.106. The number of nitriles is 1. The lowest BCUT2D eigenvalue weighted by molar-refractivity contribution is 0.0944. The quantitative estimate of drug-likeness (QED) is 0.673. The van der Waals surface area contributed by atoms with Gasteiger partial charge in [-0.05, 0) is 37.3 Å². The molecule has 0 aliphatic heterocycles. The van der Waals surface area contributed by atoms with Crippen LogP contribution in [0.3, 0.4) is 0 Å². The third-order valence-corrected chi connectivity index (χ3v) is 4.53. The smallest absolute Gasteiger partial charge is 0.256 e. The van der Waals surface area contributed by atoms with Crippen molar-refractivity contribution in [3.63, 3.8) is 0 Å². The Labute approximate surface area is 162 Å². The van der Waals surface area contributed by atoms with E-state index in [4.69, 9.17) is 0 Å². The summed E-state index contributed by atoms with van der Waals surface area (Å²) in [7, 11) is 0. The Morgan fingerprint density at radius 1 is 1.26 bits per heavy atom. The van der Waals surface area contributed by atoms with Crippen LogP contribution in [0.2, 0.25) is 0 Å². The van der Waals surface area contributed by atoms with E-state index in [0.717, 1.165) is 22.3 Å². The van der Waals surface area contributed by atoms with Gasteiger partial charge in [0.25, 0.3) is 5.91 Å². The number of halogens is 3. The topological polar surface area (TPSA) is 70.7 Å². The summed E-state index contributed by atoms with van der Waals surface area (Å²) < 4.78 is 29.5. The van der Waals surface area contributed by atoms with E-state index < -0.39 is 23.6 Å². The maximum atomic E-state index is 13.9. The molecule has 3 rings (SSSR count). The van der Waals surface area contributed by atoms with Gasteiger partial charge in [0.15, 0.2) is 0 Å². The summed E-state index contributed by atoms with van der Waals surface area (Å²) in [5.74, 6) is -2.24. The van der Waals surface area contributed by atoms with Gasteiger partial charge in [0.2, 0.25) is 0 Å². The molecule has 27 heavy (non-hydrogen) atoms. The van der Waals surface area contributed by atoms with Crippen molar-refractivity contribution in [3.8, 4) is 11.8 Å². The molecule has 1 atom stereocenters. The number of carbonyl (C=O) groups is 1. The summed E-state index contributed by atoms with van der Waals surface area (Å²) in [6, 6.07) is 10.8. The molecular formula is C19H13BrF2N4O. The van der Waals surface area contributed by atoms with E-state index in [0.29, 0.717) is 11.8 Å². The van der Waals surface area contributed by atoms with Crippen molar-refractivity contribution in [1.82, 2.24) is 15.1 Å². The second-order valence-electron chi connectivity index (χ2n) is 5.73. The van der Waals surface area contributed by atoms with Crippen molar-refractivity contribution < 1.29 is 13.6 Å². The van der Waals surface area contributed by atoms with Gasteiger partial charge in [-0.25, -0.2) is 13.5 Å². The SMILES string of the molecule is Cc1c(C(=O)NC(C#N)c2ccc(F)cc2F)cnn1-c1ccc(Br)cc1. The largest absolute Gasteiger partial charge is 0.332 e. The summed E-state index contributed by atoms with van der Waals surface area (Å²) in [4.78, 5) is 12.6. The zero-order valence-electron chi connectivity index (χ0n) is 14.1. The third-order valence-electron chi connectivity index (χ3n) is 4.00. The van der Waals surface area contributed by atoms with Crippen molar-refractivity contribution in [2.45, 2.75) is 13.0 Å². The highest BCUT2D eigenvalue weighted by molar-refractivity contribution is 9.10. The summed E-state index contributed by atoms with van der Waals surface area (Å²) in [6.45, 7) is 1.71. The molecule has 136 valence electrons. The van der Waals surface area contributed by atoms with Gasteiger partial charge in [-0.2, -0.15) is 10.4 Å². The van der Waals surface area contributed by atoms with Gasteiger partial charge in [0.05, 0.1) is 29.2 Å². The minimum atomic E-state index is -1.26. The van der Waals surface area contributed by atoms with E-state index in [1.807, 2.05) is 30.3 Å². The summed E-state index contributed by atoms with van der Waals surface area (Å²) in [6.07, 6.45) is 1.38. The number of benzene rings is 2.